The van der Waals surface area contributed by atoms with Crippen LogP contribution in [0.25, 0.3) is 0 Å². The Morgan fingerprint density at radius 2 is 1.50 bits per heavy atom. The molecule has 0 saturated carbocycles. The minimum absolute atomic E-state index is 0.271. The molecule has 0 unspecified atom stereocenters. The molecule has 3 nitrogen and oxygen atoms in total. The first-order valence-electron chi connectivity index (χ1n) is 6.49. The van der Waals surface area contributed by atoms with Crippen LogP contribution >= 0.6 is 27.7 Å². The zero-order valence-corrected chi connectivity index (χ0v) is 14.6. The second-order valence-electron chi connectivity index (χ2n) is 4.53. The molecule has 0 aliphatic heterocycles. The summed E-state index contributed by atoms with van der Waals surface area (Å²) in [5.41, 5.74) is 0. The van der Waals surface area contributed by atoms with E-state index in [1.165, 1.54) is 15.7 Å². The van der Waals surface area contributed by atoms with Gasteiger partial charge in [0.15, 0.2) is 0 Å². The Hall–Kier alpha value is -1.50. The van der Waals surface area contributed by atoms with Crippen LogP contribution in [0.5, 0.6) is 0 Å². The summed E-state index contributed by atoms with van der Waals surface area (Å²) in [7, 11) is -3.60. The molecule has 112 valence electrons. The van der Waals surface area contributed by atoms with E-state index in [0.29, 0.717) is 5.03 Å². The first kappa shape index (κ1) is 15.4. The van der Waals surface area contributed by atoms with Crippen LogP contribution in [-0.4, -0.2) is 12.4 Å². The third-order valence-corrected chi connectivity index (χ3v) is 6.25. The summed E-state index contributed by atoms with van der Waals surface area (Å²) in [6.07, 6.45) is 1.58. The van der Waals surface area contributed by atoms with E-state index in [0.717, 1.165) is 9.37 Å². The van der Waals surface area contributed by atoms with Crippen molar-refractivity contribution < 1.29 is 8.42 Å². The lowest BCUT2D eigenvalue weighted by Crippen LogP contribution is -2.12. The van der Waals surface area contributed by atoms with Gasteiger partial charge in [0.05, 0.1) is 9.92 Å². The molecular weight excluding hydrogens is 382 g/mol. The lowest BCUT2D eigenvalue weighted by atomic mass is 10.4. The molecule has 3 aromatic rings. The van der Waals surface area contributed by atoms with Crippen molar-refractivity contribution in [1.29, 1.82) is 0 Å². The number of benzene rings is 2. The van der Waals surface area contributed by atoms with E-state index in [2.05, 4.69) is 15.9 Å². The molecule has 0 spiro atoms. The maximum Gasteiger partial charge on any atom is 0.268 e. The minimum atomic E-state index is -3.60. The molecule has 0 atom stereocenters. The number of nitrogens with zero attached hydrogens (tertiary/aromatic N) is 1. The third-order valence-electron chi connectivity index (χ3n) is 2.98. The van der Waals surface area contributed by atoms with E-state index in [1.54, 1.807) is 42.6 Å². The number of hydrogen-bond acceptors (Lipinski definition) is 3. The monoisotopic (exact) mass is 393 g/mol. The maximum atomic E-state index is 12.8. The van der Waals surface area contributed by atoms with Crippen LogP contribution in [0.1, 0.15) is 0 Å². The third kappa shape index (κ3) is 3.14. The zero-order valence-electron chi connectivity index (χ0n) is 11.4. The second kappa shape index (κ2) is 6.32. The number of aromatic nitrogens is 1. The Balaban J connectivity index is 2.05. The van der Waals surface area contributed by atoms with Gasteiger partial charge in [-0.05, 0) is 46.3 Å². The zero-order chi connectivity index (χ0) is 15.6. The smallest absolute Gasteiger partial charge is 0.234 e. The predicted molar refractivity (Wildman–Crippen MR) is 91.7 cm³/mol. The van der Waals surface area contributed by atoms with Gasteiger partial charge in [0.2, 0.25) is 0 Å². The summed E-state index contributed by atoms with van der Waals surface area (Å²) in [6.45, 7) is 0. The van der Waals surface area contributed by atoms with E-state index >= 15 is 0 Å². The molecule has 6 heteroatoms. The van der Waals surface area contributed by atoms with Crippen molar-refractivity contribution in [2.45, 2.75) is 14.8 Å². The SMILES string of the molecule is O=S(=O)(c1ccccc1)n1cc(Br)cc1Sc1ccccc1. The quantitative estimate of drug-likeness (QED) is 0.647. The fourth-order valence-electron chi connectivity index (χ4n) is 1.97. The fraction of sp³-hybridized carbons (Fsp3) is 0. The first-order chi connectivity index (χ1) is 10.6. The van der Waals surface area contributed by atoms with Crippen molar-refractivity contribution in [3.63, 3.8) is 0 Å². The van der Waals surface area contributed by atoms with Crippen LogP contribution in [0.2, 0.25) is 0 Å². The van der Waals surface area contributed by atoms with Crippen LogP contribution in [0, 0.1) is 0 Å². The lowest BCUT2D eigenvalue weighted by molar-refractivity contribution is 0.583. The molecule has 1 heterocycles. The van der Waals surface area contributed by atoms with Crippen molar-refractivity contribution in [3.8, 4) is 0 Å². The Kier molecular flexibility index (Phi) is 4.42. The topological polar surface area (TPSA) is 39.1 Å². The van der Waals surface area contributed by atoms with Crippen molar-refractivity contribution in [2.75, 3.05) is 0 Å². The summed E-state index contributed by atoms with van der Waals surface area (Å²) in [5.74, 6) is 0. The van der Waals surface area contributed by atoms with Gasteiger partial charge < -0.3 is 0 Å². The standard InChI is InChI=1S/C16H12BrNO2S2/c17-13-11-16(21-14-7-3-1-4-8-14)18(12-13)22(19,20)15-9-5-2-6-10-15/h1-12H. The summed E-state index contributed by atoms with van der Waals surface area (Å²) in [5, 5.41) is 0.641. The molecule has 2 aromatic carbocycles. The van der Waals surface area contributed by atoms with Gasteiger partial charge >= 0.3 is 0 Å². The first-order valence-corrected chi connectivity index (χ1v) is 9.54. The molecule has 22 heavy (non-hydrogen) atoms. The van der Waals surface area contributed by atoms with Crippen LogP contribution in [0.15, 0.2) is 92.2 Å². The second-order valence-corrected chi connectivity index (χ2v) is 8.35. The van der Waals surface area contributed by atoms with Crippen molar-refractivity contribution in [2.24, 2.45) is 0 Å². The Morgan fingerprint density at radius 1 is 0.909 bits per heavy atom. The van der Waals surface area contributed by atoms with E-state index in [9.17, 15) is 8.42 Å². The predicted octanol–water partition coefficient (Wildman–Crippen LogP) is 4.64. The Morgan fingerprint density at radius 3 is 2.14 bits per heavy atom. The molecule has 0 aliphatic carbocycles. The van der Waals surface area contributed by atoms with Gasteiger partial charge in [0.1, 0.15) is 0 Å². The van der Waals surface area contributed by atoms with Gasteiger partial charge in [-0.25, -0.2) is 12.4 Å². The molecular formula is C16H12BrNO2S2. The lowest BCUT2D eigenvalue weighted by Gasteiger charge is -2.10. The molecule has 0 radical (unpaired) electrons. The van der Waals surface area contributed by atoms with E-state index in [4.69, 9.17) is 0 Å². The van der Waals surface area contributed by atoms with E-state index in [-0.39, 0.29) is 4.90 Å². The van der Waals surface area contributed by atoms with Crippen LogP contribution in [-0.2, 0) is 10.0 Å². The van der Waals surface area contributed by atoms with Gasteiger partial charge in [0, 0.05) is 15.6 Å². The average Bonchev–Trinajstić information content (AvgIpc) is 2.90. The summed E-state index contributed by atoms with van der Waals surface area (Å²) in [4.78, 5) is 1.26. The molecule has 0 fully saturated rings. The Labute approximate surface area is 142 Å². The van der Waals surface area contributed by atoms with Gasteiger partial charge in [-0.3, -0.25) is 0 Å². The van der Waals surface area contributed by atoms with Crippen LogP contribution in [0.4, 0.5) is 0 Å². The average molecular weight is 394 g/mol. The molecule has 3 rings (SSSR count). The number of hydrogen-bond donors (Lipinski definition) is 0. The van der Waals surface area contributed by atoms with Crippen molar-refractivity contribution in [1.82, 2.24) is 3.97 Å². The largest absolute Gasteiger partial charge is 0.268 e. The highest BCUT2D eigenvalue weighted by Crippen LogP contribution is 2.33. The van der Waals surface area contributed by atoms with Crippen molar-refractivity contribution in [3.05, 3.63) is 77.4 Å². The maximum absolute atomic E-state index is 12.8. The Bertz CT molecular complexity index is 875. The summed E-state index contributed by atoms with van der Waals surface area (Å²) >= 11 is 4.77. The highest BCUT2D eigenvalue weighted by Gasteiger charge is 2.20. The van der Waals surface area contributed by atoms with E-state index in [1.807, 2.05) is 30.3 Å². The number of halogens is 1. The van der Waals surface area contributed by atoms with Gasteiger partial charge in [-0.15, -0.1) is 0 Å². The van der Waals surface area contributed by atoms with Gasteiger partial charge in [0.25, 0.3) is 10.0 Å². The van der Waals surface area contributed by atoms with Gasteiger partial charge in [-0.2, -0.15) is 0 Å². The normalized spacial score (nSPS) is 11.5. The molecule has 0 aliphatic rings. The van der Waals surface area contributed by atoms with E-state index < -0.39 is 10.0 Å². The van der Waals surface area contributed by atoms with Crippen LogP contribution in [0.3, 0.4) is 0 Å². The molecule has 0 bridgehead atoms. The molecule has 0 amide bonds. The summed E-state index contributed by atoms with van der Waals surface area (Å²) in [6, 6.07) is 19.9. The number of rotatable bonds is 4. The highest BCUT2D eigenvalue weighted by molar-refractivity contribution is 9.10. The highest BCUT2D eigenvalue weighted by atomic mass is 79.9. The van der Waals surface area contributed by atoms with Crippen molar-refractivity contribution >= 4 is 37.7 Å². The summed E-state index contributed by atoms with van der Waals surface area (Å²) < 4.78 is 27.6. The van der Waals surface area contributed by atoms with Crippen LogP contribution < -0.4 is 0 Å². The molecule has 0 N–H and O–H groups in total. The van der Waals surface area contributed by atoms with Gasteiger partial charge in [-0.1, -0.05) is 48.2 Å². The minimum Gasteiger partial charge on any atom is -0.234 e. The molecule has 1 aromatic heterocycles. The fourth-order valence-corrected chi connectivity index (χ4v) is 5.22. The molecule has 0 saturated heterocycles.